The first-order valence-electron chi connectivity index (χ1n) is 8.08. The third kappa shape index (κ3) is 3.17. The number of hydrogen-bond acceptors (Lipinski definition) is 4. The Morgan fingerprint density at radius 1 is 1.08 bits per heavy atom. The van der Waals surface area contributed by atoms with E-state index in [1.165, 1.54) is 24.1 Å². The van der Waals surface area contributed by atoms with Gasteiger partial charge in [0.05, 0.1) is 17.7 Å². The molecule has 0 N–H and O–H groups in total. The summed E-state index contributed by atoms with van der Waals surface area (Å²) in [7, 11) is -2.38. The highest BCUT2D eigenvalue weighted by Crippen LogP contribution is 2.31. The Kier molecular flexibility index (Phi) is 4.97. The molecule has 1 heterocycles. The fraction of sp³-hybridized carbons (Fsp3) is 0.278. The van der Waals surface area contributed by atoms with Crippen LogP contribution >= 0.6 is 0 Å². The van der Waals surface area contributed by atoms with Gasteiger partial charge in [-0.05, 0) is 43.3 Å². The van der Waals surface area contributed by atoms with Gasteiger partial charge in [0.1, 0.15) is 17.6 Å². The smallest absolute Gasteiger partial charge is 0.245 e. The predicted molar refractivity (Wildman–Crippen MR) is 95.1 cm³/mol. The van der Waals surface area contributed by atoms with Crippen LogP contribution in [0.25, 0.3) is 0 Å². The second-order valence-corrected chi connectivity index (χ2v) is 7.80. The van der Waals surface area contributed by atoms with Gasteiger partial charge in [-0.3, -0.25) is 4.79 Å². The monoisotopic (exact) mass is 378 g/mol. The number of sulfonamides is 1. The summed E-state index contributed by atoms with van der Waals surface area (Å²) in [5.74, 6) is -0.316. The maximum Gasteiger partial charge on any atom is 0.245 e. The molecule has 0 aliphatic carbocycles. The van der Waals surface area contributed by atoms with Crippen LogP contribution in [0.2, 0.25) is 0 Å². The Hall–Kier alpha value is -2.45. The number of piperazine rings is 1. The first-order chi connectivity index (χ1) is 12.4. The molecule has 2 aromatic rings. The van der Waals surface area contributed by atoms with Gasteiger partial charge in [0.25, 0.3) is 0 Å². The lowest BCUT2D eigenvalue weighted by atomic mass is 10.2. The van der Waals surface area contributed by atoms with E-state index in [1.807, 2.05) is 0 Å². The van der Waals surface area contributed by atoms with Crippen LogP contribution in [0.15, 0.2) is 53.4 Å². The van der Waals surface area contributed by atoms with E-state index in [0.717, 1.165) is 16.4 Å². The maximum atomic E-state index is 13.1. The van der Waals surface area contributed by atoms with Gasteiger partial charge in [0.15, 0.2) is 0 Å². The molecule has 1 aliphatic rings. The Labute approximate surface area is 151 Å². The Morgan fingerprint density at radius 3 is 2.38 bits per heavy atom. The molecule has 0 radical (unpaired) electrons. The third-order valence-corrected chi connectivity index (χ3v) is 6.38. The summed E-state index contributed by atoms with van der Waals surface area (Å²) < 4.78 is 45.2. The lowest BCUT2D eigenvalue weighted by molar-refractivity contribution is -0.123. The van der Waals surface area contributed by atoms with Crippen LogP contribution in [-0.4, -0.2) is 44.9 Å². The predicted octanol–water partition coefficient (Wildman–Crippen LogP) is 2.26. The molecule has 1 amide bonds. The van der Waals surface area contributed by atoms with E-state index in [1.54, 1.807) is 31.2 Å². The standard InChI is InChI=1S/C18H19FN2O4S/c1-13-18(22)20(16-5-3-4-6-17(16)25-2)11-12-21(13)26(23,24)15-9-7-14(19)8-10-15/h3-10,13H,11-12H2,1-2H3/t13-/m1/s1. The van der Waals surface area contributed by atoms with Gasteiger partial charge in [-0.2, -0.15) is 4.31 Å². The highest BCUT2D eigenvalue weighted by Gasteiger charge is 2.40. The molecule has 0 aromatic heterocycles. The van der Waals surface area contributed by atoms with Crippen molar-refractivity contribution in [3.63, 3.8) is 0 Å². The Morgan fingerprint density at radius 2 is 1.73 bits per heavy atom. The summed E-state index contributed by atoms with van der Waals surface area (Å²) in [6, 6.07) is 10.8. The molecule has 1 fully saturated rings. The number of para-hydroxylation sites is 2. The van der Waals surface area contributed by atoms with Crippen LogP contribution in [0, 0.1) is 5.82 Å². The second-order valence-electron chi connectivity index (χ2n) is 5.91. The molecule has 1 saturated heterocycles. The molecule has 1 atom stereocenters. The summed E-state index contributed by atoms with van der Waals surface area (Å²) in [5.41, 5.74) is 0.602. The molecule has 0 spiro atoms. The minimum atomic E-state index is -3.89. The average Bonchev–Trinajstić information content (AvgIpc) is 2.64. The highest BCUT2D eigenvalue weighted by molar-refractivity contribution is 7.89. The zero-order valence-electron chi connectivity index (χ0n) is 14.4. The van der Waals surface area contributed by atoms with E-state index in [0.29, 0.717) is 11.4 Å². The van der Waals surface area contributed by atoms with Crippen molar-refractivity contribution in [1.82, 2.24) is 4.31 Å². The number of methoxy groups -OCH3 is 1. The fourth-order valence-corrected chi connectivity index (χ4v) is 4.59. The minimum absolute atomic E-state index is 0.0377. The Balaban J connectivity index is 1.89. The van der Waals surface area contributed by atoms with Crippen molar-refractivity contribution in [2.45, 2.75) is 17.9 Å². The van der Waals surface area contributed by atoms with Crippen LogP contribution in [0.1, 0.15) is 6.92 Å². The first kappa shape index (κ1) is 18.3. The number of benzene rings is 2. The molecule has 26 heavy (non-hydrogen) atoms. The van der Waals surface area contributed by atoms with Crippen molar-refractivity contribution in [1.29, 1.82) is 0 Å². The molecule has 3 rings (SSSR count). The maximum absolute atomic E-state index is 13.1. The van der Waals surface area contributed by atoms with E-state index >= 15 is 0 Å². The molecular formula is C18H19FN2O4S. The van der Waals surface area contributed by atoms with Crippen LogP contribution in [-0.2, 0) is 14.8 Å². The molecule has 0 unspecified atom stereocenters. The number of carbonyl (C=O) groups is 1. The largest absolute Gasteiger partial charge is 0.495 e. The van der Waals surface area contributed by atoms with Crippen molar-refractivity contribution in [2.75, 3.05) is 25.1 Å². The summed E-state index contributed by atoms with van der Waals surface area (Å²) in [5, 5.41) is 0. The van der Waals surface area contributed by atoms with E-state index in [4.69, 9.17) is 4.74 Å². The fourth-order valence-electron chi connectivity index (χ4n) is 3.01. The zero-order valence-corrected chi connectivity index (χ0v) is 15.2. The van der Waals surface area contributed by atoms with Gasteiger partial charge in [-0.15, -0.1) is 0 Å². The van der Waals surface area contributed by atoms with Crippen LogP contribution in [0.3, 0.4) is 0 Å². The van der Waals surface area contributed by atoms with Crippen molar-refractivity contribution in [3.8, 4) is 5.75 Å². The normalized spacial score (nSPS) is 18.8. The molecule has 0 saturated carbocycles. The lowest BCUT2D eigenvalue weighted by Gasteiger charge is -2.38. The van der Waals surface area contributed by atoms with Crippen molar-refractivity contribution in [2.24, 2.45) is 0 Å². The van der Waals surface area contributed by atoms with Gasteiger partial charge in [-0.1, -0.05) is 12.1 Å². The molecule has 0 bridgehead atoms. The number of anilines is 1. The van der Waals surface area contributed by atoms with Gasteiger partial charge in [0, 0.05) is 13.1 Å². The van der Waals surface area contributed by atoms with E-state index in [9.17, 15) is 17.6 Å². The number of carbonyl (C=O) groups excluding carboxylic acids is 1. The summed E-state index contributed by atoms with van der Waals surface area (Å²) in [6.45, 7) is 1.87. The van der Waals surface area contributed by atoms with Crippen LogP contribution in [0.4, 0.5) is 10.1 Å². The number of ether oxygens (including phenoxy) is 1. The van der Waals surface area contributed by atoms with E-state index in [-0.39, 0.29) is 23.9 Å². The minimum Gasteiger partial charge on any atom is -0.495 e. The van der Waals surface area contributed by atoms with Gasteiger partial charge in [0.2, 0.25) is 15.9 Å². The molecule has 8 heteroatoms. The summed E-state index contributed by atoms with van der Waals surface area (Å²) >= 11 is 0. The number of rotatable bonds is 4. The third-order valence-electron chi connectivity index (χ3n) is 4.40. The molecule has 138 valence electrons. The molecule has 2 aromatic carbocycles. The van der Waals surface area contributed by atoms with Gasteiger partial charge in [-0.25, -0.2) is 12.8 Å². The van der Waals surface area contributed by atoms with Crippen molar-refractivity contribution < 1.29 is 22.3 Å². The zero-order chi connectivity index (χ0) is 18.9. The average molecular weight is 378 g/mol. The molecular weight excluding hydrogens is 359 g/mol. The second kappa shape index (κ2) is 7.05. The summed E-state index contributed by atoms with van der Waals surface area (Å²) in [4.78, 5) is 14.3. The number of amides is 1. The topological polar surface area (TPSA) is 66.9 Å². The lowest BCUT2D eigenvalue weighted by Crippen LogP contribution is -2.57. The summed E-state index contributed by atoms with van der Waals surface area (Å²) in [6.07, 6.45) is 0. The number of hydrogen-bond donors (Lipinski definition) is 0. The quantitative estimate of drug-likeness (QED) is 0.819. The SMILES string of the molecule is COc1ccccc1N1CCN(S(=O)(=O)c2ccc(F)cc2)[C@H](C)C1=O. The Bertz CT molecular complexity index is 915. The first-order valence-corrected chi connectivity index (χ1v) is 9.52. The van der Waals surface area contributed by atoms with E-state index in [2.05, 4.69) is 0 Å². The van der Waals surface area contributed by atoms with Crippen LogP contribution < -0.4 is 9.64 Å². The van der Waals surface area contributed by atoms with Crippen molar-refractivity contribution >= 4 is 21.6 Å². The van der Waals surface area contributed by atoms with Crippen LogP contribution in [0.5, 0.6) is 5.75 Å². The van der Waals surface area contributed by atoms with Gasteiger partial charge >= 0.3 is 0 Å². The highest BCUT2D eigenvalue weighted by atomic mass is 32.2. The number of nitrogens with zero attached hydrogens (tertiary/aromatic N) is 2. The number of halogens is 1. The van der Waals surface area contributed by atoms with Crippen molar-refractivity contribution in [3.05, 3.63) is 54.3 Å². The van der Waals surface area contributed by atoms with Gasteiger partial charge < -0.3 is 9.64 Å². The molecule has 6 nitrogen and oxygen atoms in total. The molecule has 1 aliphatic heterocycles. The van der Waals surface area contributed by atoms with E-state index < -0.39 is 21.9 Å².